The molecule has 1 aromatic carbocycles. The van der Waals surface area contributed by atoms with Crippen LogP contribution in [0.1, 0.15) is 26.6 Å². The molecule has 0 spiro atoms. The van der Waals surface area contributed by atoms with Gasteiger partial charge in [-0.25, -0.2) is 22.9 Å². The quantitative estimate of drug-likeness (QED) is 0.875. The molecule has 0 bridgehead atoms. The number of hydrogen-bond donors (Lipinski definition) is 2. The molecule has 112 valence electrons. The average molecular weight is 326 g/mol. The Labute approximate surface area is 126 Å². The minimum absolute atomic E-state index is 0.0341. The molecular weight excluding hydrogens is 312 g/mol. The molecule has 0 saturated heterocycles. The Hall–Kier alpha value is -1.77. The van der Waals surface area contributed by atoms with Gasteiger partial charge in [-0.3, -0.25) is 0 Å². The summed E-state index contributed by atoms with van der Waals surface area (Å²) in [6.07, 6.45) is 0. The lowest BCUT2D eigenvalue weighted by Crippen LogP contribution is -2.24. The zero-order valence-electron chi connectivity index (χ0n) is 11.5. The number of hydrogen-bond acceptors (Lipinski definition) is 5. The van der Waals surface area contributed by atoms with Crippen LogP contribution in [0.2, 0.25) is 0 Å². The fourth-order valence-corrected chi connectivity index (χ4v) is 3.84. The van der Waals surface area contributed by atoms with Gasteiger partial charge in [-0.1, -0.05) is 17.7 Å². The Balaban J connectivity index is 2.15. The Morgan fingerprint density at radius 3 is 2.67 bits per heavy atom. The lowest BCUT2D eigenvalue weighted by Gasteiger charge is -2.08. The van der Waals surface area contributed by atoms with Crippen LogP contribution < -0.4 is 4.72 Å². The summed E-state index contributed by atoms with van der Waals surface area (Å²) in [5, 5.41) is 10.6. The second-order valence-electron chi connectivity index (χ2n) is 4.53. The van der Waals surface area contributed by atoms with Crippen LogP contribution in [0.4, 0.5) is 0 Å². The van der Waals surface area contributed by atoms with Gasteiger partial charge in [-0.05, 0) is 25.5 Å². The Kier molecular flexibility index (Phi) is 4.40. The van der Waals surface area contributed by atoms with Gasteiger partial charge in [0.05, 0.1) is 11.4 Å². The molecule has 8 heteroatoms. The van der Waals surface area contributed by atoms with Gasteiger partial charge in [-0.15, -0.1) is 11.3 Å². The number of rotatable bonds is 5. The van der Waals surface area contributed by atoms with Gasteiger partial charge < -0.3 is 5.11 Å². The molecule has 2 aromatic rings. The summed E-state index contributed by atoms with van der Waals surface area (Å²) in [6, 6.07) is 5.07. The molecule has 2 rings (SSSR count). The van der Waals surface area contributed by atoms with E-state index in [0.29, 0.717) is 10.6 Å². The van der Waals surface area contributed by atoms with E-state index in [0.717, 1.165) is 16.9 Å². The van der Waals surface area contributed by atoms with Gasteiger partial charge >= 0.3 is 5.97 Å². The molecule has 0 saturated carbocycles. The number of nitrogens with zero attached hydrogens (tertiary/aromatic N) is 1. The van der Waals surface area contributed by atoms with Gasteiger partial charge in [0.15, 0.2) is 5.69 Å². The van der Waals surface area contributed by atoms with Gasteiger partial charge in [0.25, 0.3) is 0 Å². The second-order valence-corrected chi connectivity index (χ2v) is 7.20. The molecule has 0 atom stereocenters. The fraction of sp³-hybridized carbons (Fsp3) is 0.231. The number of benzene rings is 1. The number of sulfonamides is 1. The first-order chi connectivity index (χ1) is 9.79. The number of carboxylic acids is 1. The minimum atomic E-state index is -3.65. The van der Waals surface area contributed by atoms with E-state index < -0.39 is 16.0 Å². The average Bonchev–Trinajstić information content (AvgIpc) is 2.85. The predicted octanol–water partition coefficient (Wildman–Crippen LogP) is 1.94. The molecule has 21 heavy (non-hydrogen) atoms. The molecule has 0 fully saturated rings. The highest BCUT2D eigenvalue weighted by molar-refractivity contribution is 7.89. The van der Waals surface area contributed by atoms with E-state index in [1.807, 2.05) is 6.92 Å². The van der Waals surface area contributed by atoms with Crippen molar-refractivity contribution < 1.29 is 18.3 Å². The van der Waals surface area contributed by atoms with Crippen LogP contribution in [-0.4, -0.2) is 24.5 Å². The second kappa shape index (κ2) is 5.92. The highest BCUT2D eigenvalue weighted by Crippen LogP contribution is 2.17. The highest BCUT2D eigenvalue weighted by atomic mass is 32.2. The summed E-state index contributed by atoms with van der Waals surface area (Å²) in [5.41, 5.74) is 1.56. The number of nitrogens with one attached hydrogen (secondary N) is 1. The van der Waals surface area contributed by atoms with Crippen LogP contribution in [0.25, 0.3) is 0 Å². The van der Waals surface area contributed by atoms with Crippen molar-refractivity contribution >= 4 is 27.3 Å². The molecule has 6 nitrogen and oxygen atoms in total. The van der Waals surface area contributed by atoms with Crippen molar-refractivity contribution in [3.8, 4) is 0 Å². The van der Waals surface area contributed by atoms with Crippen LogP contribution in [-0.2, 0) is 16.6 Å². The summed E-state index contributed by atoms with van der Waals surface area (Å²) in [5.74, 6) is -1.13. The summed E-state index contributed by atoms with van der Waals surface area (Å²) >= 11 is 1.10. The summed E-state index contributed by atoms with van der Waals surface area (Å²) < 4.78 is 26.9. The van der Waals surface area contributed by atoms with Gasteiger partial charge in [0.2, 0.25) is 10.0 Å². The maximum atomic E-state index is 12.2. The van der Waals surface area contributed by atoms with E-state index in [-0.39, 0.29) is 17.1 Å². The van der Waals surface area contributed by atoms with E-state index >= 15 is 0 Å². The lowest BCUT2D eigenvalue weighted by atomic mass is 10.2. The molecule has 1 heterocycles. The molecule has 0 unspecified atom stereocenters. The van der Waals surface area contributed by atoms with Gasteiger partial charge in [0, 0.05) is 5.38 Å². The number of aromatic carboxylic acids is 1. The number of aryl methyl sites for hydroxylation is 2. The predicted molar refractivity (Wildman–Crippen MR) is 79.0 cm³/mol. The van der Waals surface area contributed by atoms with E-state index in [4.69, 9.17) is 5.11 Å². The third-order valence-electron chi connectivity index (χ3n) is 2.80. The molecule has 0 aliphatic rings. The van der Waals surface area contributed by atoms with Crippen molar-refractivity contribution in [1.29, 1.82) is 0 Å². The first kappa shape index (κ1) is 15.6. The maximum Gasteiger partial charge on any atom is 0.355 e. The standard InChI is InChI=1S/C13H14N2O4S2/c1-8-3-4-11(9(2)5-8)21(18,19)14-6-12-15-10(7-20-12)13(16)17/h3-5,7,14H,6H2,1-2H3,(H,16,17). The lowest BCUT2D eigenvalue weighted by molar-refractivity contribution is 0.0691. The SMILES string of the molecule is Cc1ccc(S(=O)(=O)NCc2nc(C(=O)O)cs2)c(C)c1. The molecular formula is C13H14N2O4S2. The molecule has 0 aliphatic carbocycles. The first-order valence-electron chi connectivity index (χ1n) is 6.04. The van der Waals surface area contributed by atoms with Crippen LogP contribution in [0, 0.1) is 13.8 Å². The Bertz CT molecular complexity index is 781. The maximum absolute atomic E-state index is 12.2. The van der Waals surface area contributed by atoms with Crippen molar-refractivity contribution in [3.63, 3.8) is 0 Å². The third kappa shape index (κ3) is 3.66. The molecule has 0 aliphatic heterocycles. The van der Waals surface area contributed by atoms with Gasteiger partial charge in [-0.2, -0.15) is 0 Å². The monoisotopic (exact) mass is 326 g/mol. The number of carboxylic acid groups (broad SMARTS) is 1. The van der Waals surface area contributed by atoms with Crippen LogP contribution in [0.15, 0.2) is 28.5 Å². The van der Waals surface area contributed by atoms with Crippen molar-refractivity contribution in [2.75, 3.05) is 0 Å². The van der Waals surface area contributed by atoms with Gasteiger partial charge in [0.1, 0.15) is 5.01 Å². The molecule has 0 radical (unpaired) electrons. The Morgan fingerprint density at radius 2 is 2.10 bits per heavy atom. The number of thiazole rings is 1. The smallest absolute Gasteiger partial charge is 0.355 e. The first-order valence-corrected chi connectivity index (χ1v) is 8.40. The summed E-state index contributed by atoms with van der Waals surface area (Å²) in [7, 11) is -3.65. The van der Waals surface area contributed by atoms with Crippen LogP contribution in [0.5, 0.6) is 0 Å². The number of carbonyl (C=O) groups is 1. The van der Waals surface area contributed by atoms with Crippen molar-refractivity contribution in [2.45, 2.75) is 25.3 Å². The fourth-order valence-electron chi connectivity index (χ4n) is 1.83. The third-order valence-corrected chi connectivity index (χ3v) is 5.21. The van der Waals surface area contributed by atoms with E-state index in [1.54, 1.807) is 25.1 Å². The highest BCUT2D eigenvalue weighted by Gasteiger charge is 2.17. The van der Waals surface area contributed by atoms with Crippen molar-refractivity contribution in [3.05, 3.63) is 45.4 Å². The normalized spacial score (nSPS) is 11.5. The molecule has 0 amide bonds. The number of aromatic nitrogens is 1. The van der Waals surface area contributed by atoms with E-state index in [1.165, 1.54) is 5.38 Å². The largest absolute Gasteiger partial charge is 0.476 e. The van der Waals surface area contributed by atoms with Crippen molar-refractivity contribution in [2.24, 2.45) is 0 Å². The Morgan fingerprint density at radius 1 is 1.38 bits per heavy atom. The van der Waals surface area contributed by atoms with Crippen molar-refractivity contribution in [1.82, 2.24) is 9.71 Å². The topological polar surface area (TPSA) is 96.4 Å². The summed E-state index contributed by atoms with van der Waals surface area (Å²) in [6.45, 7) is 3.58. The van der Waals surface area contributed by atoms with E-state index in [9.17, 15) is 13.2 Å². The van der Waals surface area contributed by atoms with E-state index in [2.05, 4.69) is 9.71 Å². The zero-order valence-corrected chi connectivity index (χ0v) is 13.1. The molecule has 2 N–H and O–H groups in total. The zero-order chi connectivity index (χ0) is 15.6. The van der Waals surface area contributed by atoms with Crippen LogP contribution in [0.3, 0.4) is 0 Å². The minimum Gasteiger partial charge on any atom is -0.476 e. The summed E-state index contributed by atoms with van der Waals surface area (Å²) in [4.78, 5) is 14.8. The molecule has 1 aromatic heterocycles. The van der Waals surface area contributed by atoms with Crippen LogP contribution >= 0.6 is 11.3 Å².